The summed E-state index contributed by atoms with van der Waals surface area (Å²) in [5.41, 5.74) is 8.86. The zero-order chi connectivity index (χ0) is 12.6. The summed E-state index contributed by atoms with van der Waals surface area (Å²) < 4.78 is 15.7. The number of halogens is 1. The lowest BCUT2D eigenvalue weighted by Crippen LogP contribution is -2.07. The third-order valence-corrected chi connectivity index (χ3v) is 3.01. The highest BCUT2D eigenvalue weighted by Gasteiger charge is 2.10. The van der Waals surface area contributed by atoms with E-state index in [1.165, 1.54) is 6.07 Å². The van der Waals surface area contributed by atoms with Gasteiger partial charge in [-0.1, -0.05) is 6.07 Å². The third kappa shape index (κ3) is 2.08. The summed E-state index contributed by atoms with van der Waals surface area (Å²) in [5.74, 6) is -0.277. The van der Waals surface area contributed by atoms with E-state index in [0.29, 0.717) is 5.69 Å². The van der Waals surface area contributed by atoms with Crippen LogP contribution < -0.4 is 5.73 Å². The average molecular weight is 233 g/mol. The van der Waals surface area contributed by atoms with E-state index in [0.717, 1.165) is 17.0 Å². The molecule has 1 aromatic carbocycles. The molecule has 0 saturated carbocycles. The van der Waals surface area contributed by atoms with E-state index < -0.39 is 0 Å². The molecule has 0 aliphatic heterocycles. The van der Waals surface area contributed by atoms with Crippen molar-refractivity contribution in [1.29, 1.82) is 0 Å². The summed E-state index contributed by atoms with van der Waals surface area (Å²) in [4.78, 5) is 4.16. The van der Waals surface area contributed by atoms with Crippen LogP contribution in [0.25, 0.3) is 5.69 Å². The molecule has 90 valence electrons. The van der Waals surface area contributed by atoms with Crippen LogP contribution in [0.3, 0.4) is 0 Å². The lowest BCUT2D eigenvalue weighted by molar-refractivity contribution is 0.611. The Bertz CT molecular complexity index is 544. The quantitative estimate of drug-likeness (QED) is 0.866. The van der Waals surface area contributed by atoms with Gasteiger partial charge in [0.1, 0.15) is 5.82 Å². The van der Waals surface area contributed by atoms with Gasteiger partial charge in [-0.15, -0.1) is 0 Å². The van der Waals surface area contributed by atoms with Crippen molar-refractivity contribution in [3.8, 4) is 5.69 Å². The number of aromatic nitrogens is 2. The number of rotatable bonds is 2. The number of hydrogen-bond donors (Lipinski definition) is 1. The van der Waals surface area contributed by atoms with Gasteiger partial charge in [-0.05, 0) is 38.5 Å². The molecule has 4 heteroatoms. The maximum atomic E-state index is 14.0. The number of aryl methyl sites for hydroxylation is 1. The fourth-order valence-electron chi connectivity index (χ4n) is 1.74. The van der Waals surface area contributed by atoms with Crippen LogP contribution in [0.5, 0.6) is 0 Å². The molecule has 0 bridgehead atoms. The lowest BCUT2D eigenvalue weighted by Gasteiger charge is -2.10. The molecule has 1 aromatic heterocycles. The van der Waals surface area contributed by atoms with Crippen molar-refractivity contribution in [3.63, 3.8) is 0 Å². The zero-order valence-electron chi connectivity index (χ0n) is 10.2. The van der Waals surface area contributed by atoms with E-state index >= 15 is 0 Å². The van der Waals surface area contributed by atoms with Crippen LogP contribution in [-0.2, 0) is 0 Å². The highest BCUT2D eigenvalue weighted by atomic mass is 19.1. The smallest absolute Gasteiger partial charge is 0.147 e. The van der Waals surface area contributed by atoms with Gasteiger partial charge < -0.3 is 10.3 Å². The predicted molar refractivity (Wildman–Crippen MR) is 65.6 cm³/mol. The molecule has 0 radical (unpaired) electrons. The molecule has 0 spiro atoms. The van der Waals surface area contributed by atoms with Gasteiger partial charge in [0.2, 0.25) is 0 Å². The monoisotopic (exact) mass is 233 g/mol. The van der Waals surface area contributed by atoms with Crippen molar-refractivity contribution in [3.05, 3.63) is 47.3 Å². The molecule has 2 aromatic rings. The van der Waals surface area contributed by atoms with Gasteiger partial charge in [0, 0.05) is 11.7 Å². The van der Waals surface area contributed by atoms with E-state index in [4.69, 9.17) is 5.73 Å². The summed E-state index contributed by atoms with van der Waals surface area (Å²) in [6.07, 6.45) is 1.63. The Kier molecular flexibility index (Phi) is 2.98. The first kappa shape index (κ1) is 11.8. The molecule has 0 aliphatic rings. The van der Waals surface area contributed by atoms with E-state index in [2.05, 4.69) is 4.98 Å². The van der Waals surface area contributed by atoms with Gasteiger partial charge in [-0.2, -0.15) is 0 Å². The number of hydrogen-bond acceptors (Lipinski definition) is 2. The molecule has 0 fully saturated rings. The molecular weight excluding hydrogens is 217 g/mol. The van der Waals surface area contributed by atoms with E-state index in [1.54, 1.807) is 17.0 Å². The second kappa shape index (κ2) is 4.30. The average Bonchev–Trinajstić information content (AvgIpc) is 2.60. The summed E-state index contributed by atoms with van der Waals surface area (Å²) in [6, 6.07) is 4.90. The molecule has 17 heavy (non-hydrogen) atoms. The topological polar surface area (TPSA) is 43.8 Å². The molecule has 1 atom stereocenters. The van der Waals surface area contributed by atoms with Crippen molar-refractivity contribution >= 4 is 0 Å². The molecule has 2 rings (SSSR count). The first-order valence-electron chi connectivity index (χ1n) is 5.56. The van der Waals surface area contributed by atoms with Gasteiger partial charge in [0.15, 0.2) is 0 Å². The summed E-state index contributed by atoms with van der Waals surface area (Å²) in [7, 11) is 0. The largest absolute Gasteiger partial charge is 0.324 e. The second-order valence-corrected chi connectivity index (χ2v) is 4.28. The minimum atomic E-state index is -0.277. The van der Waals surface area contributed by atoms with E-state index in [1.807, 2.05) is 26.8 Å². The molecule has 1 unspecified atom stereocenters. The number of nitrogens with two attached hydrogens (primary N) is 1. The minimum absolute atomic E-state index is 0.163. The lowest BCUT2D eigenvalue weighted by atomic mass is 10.1. The van der Waals surface area contributed by atoms with Crippen molar-refractivity contribution in [2.24, 2.45) is 5.73 Å². The van der Waals surface area contributed by atoms with Crippen LogP contribution >= 0.6 is 0 Å². The number of imidazole rings is 1. The normalized spacial score (nSPS) is 12.8. The highest BCUT2D eigenvalue weighted by molar-refractivity contribution is 5.39. The highest BCUT2D eigenvalue weighted by Crippen LogP contribution is 2.20. The van der Waals surface area contributed by atoms with E-state index in [9.17, 15) is 4.39 Å². The Morgan fingerprint density at radius 1 is 1.35 bits per heavy atom. The number of benzene rings is 1. The van der Waals surface area contributed by atoms with Crippen molar-refractivity contribution in [2.45, 2.75) is 26.8 Å². The molecule has 0 aliphatic carbocycles. The molecular formula is C13H16FN3. The van der Waals surface area contributed by atoms with Crippen LogP contribution in [0.1, 0.15) is 29.9 Å². The third-order valence-electron chi connectivity index (χ3n) is 3.01. The first-order valence-corrected chi connectivity index (χ1v) is 5.56. The fourth-order valence-corrected chi connectivity index (χ4v) is 1.74. The van der Waals surface area contributed by atoms with Crippen LogP contribution in [0.2, 0.25) is 0 Å². The van der Waals surface area contributed by atoms with Gasteiger partial charge in [-0.25, -0.2) is 9.37 Å². The molecule has 0 amide bonds. The van der Waals surface area contributed by atoms with Gasteiger partial charge in [0.25, 0.3) is 0 Å². The molecule has 0 saturated heterocycles. The Labute approximate surface area is 100 Å². The minimum Gasteiger partial charge on any atom is -0.324 e. The van der Waals surface area contributed by atoms with Crippen LogP contribution in [0, 0.1) is 19.7 Å². The van der Waals surface area contributed by atoms with Crippen molar-refractivity contribution in [1.82, 2.24) is 9.55 Å². The van der Waals surface area contributed by atoms with Gasteiger partial charge in [0.05, 0.1) is 17.7 Å². The maximum Gasteiger partial charge on any atom is 0.147 e. The Morgan fingerprint density at radius 3 is 2.53 bits per heavy atom. The SMILES string of the molecule is Cc1ncn(-c2ccc(C(C)N)cc2F)c1C. The van der Waals surface area contributed by atoms with Crippen LogP contribution in [0.15, 0.2) is 24.5 Å². The standard InChI is InChI=1S/C13H16FN3/c1-8(15)11-4-5-13(12(14)6-11)17-7-16-9(2)10(17)3/h4-8H,15H2,1-3H3. The Hall–Kier alpha value is -1.68. The number of nitrogens with zero attached hydrogens (tertiary/aromatic N) is 2. The van der Waals surface area contributed by atoms with Crippen LogP contribution in [0.4, 0.5) is 4.39 Å². The molecule has 3 nitrogen and oxygen atoms in total. The Morgan fingerprint density at radius 2 is 2.06 bits per heavy atom. The van der Waals surface area contributed by atoms with Crippen molar-refractivity contribution in [2.75, 3.05) is 0 Å². The fraction of sp³-hybridized carbons (Fsp3) is 0.308. The summed E-state index contributed by atoms with van der Waals surface area (Å²) in [5, 5.41) is 0. The predicted octanol–water partition coefficient (Wildman–Crippen LogP) is 2.65. The van der Waals surface area contributed by atoms with Gasteiger partial charge >= 0.3 is 0 Å². The maximum absolute atomic E-state index is 14.0. The summed E-state index contributed by atoms with van der Waals surface area (Å²) in [6.45, 7) is 5.66. The van der Waals surface area contributed by atoms with E-state index in [-0.39, 0.29) is 11.9 Å². The molecule has 1 heterocycles. The molecule has 2 N–H and O–H groups in total. The second-order valence-electron chi connectivity index (χ2n) is 4.28. The first-order chi connectivity index (χ1) is 8.00. The van der Waals surface area contributed by atoms with Gasteiger partial charge in [-0.3, -0.25) is 0 Å². The zero-order valence-corrected chi connectivity index (χ0v) is 10.2. The van der Waals surface area contributed by atoms with Crippen molar-refractivity contribution < 1.29 is 4.39 Å². The Balaban J connectivity index is 2.50. The van der Waals surface area contributed by atoms with Crippen LogP contribution in [-0.4, -0.2) is 9.55 Å². The summed E-state index contributed by atoms with van der Waals surface area (Å²) >= 11 is 0.